The topological polar surface area (TPSA) is 91.4 Å². The number of rotatable bonds is 6. The summed E-state index contributed by atoms with van der Waals surface area (Å²) < 4.78 is 45.2. The van der Waals surface area contributed by atoms with E-state index in [1.54, 1.807) is 18.2 Å². The molecule has 2 aromatic carbocycles. The lowest BCUT2D eigenvalue weighted by Crippen LogP contribution is -2.28. The van der Waals surface area contributed by atoms with Gasteiger partial charge in [0.15, 0.2) is 17.3 Å². The molecule has 0 radical (unpaired) electrons. The molecule has 4 rings (SSSR count). The van der Waals surface area contributed by atoms with Crippen molar-refractivity contribution in [2.24, 2.45) is 11.1 Å². The second kappa shape index (κ2) is 8.43. The standard InChI is InChI=1S/C25H27FN2O4S/c1-16(23(29)17-14-21-24(22(26)15-17)32-12-10-25(21,2)3)13-19-5-4-11-28(19)18-6-8-20(9-7-18)33(27,30)31/h4-9,11,14-16H,10,12-13H2,1-3H3,(H2,27,30,31). The molecule has 1 atom stereocenters. The molecule has 33 heavy (non-hydrogen) atoms. The van der Waals surface area contributed by atoms with Crippen LogP contribution in [0.3, 0.4) is 0 Å². The van der Waals surface area contributed by atoms with Crippen molar-refractivity contribution in [3.8, 4) is 11.4 Å². The monoisotopic (exact) mass is 470 g/mol. The van der Waals surface area contributed by atoms with Crippen LogP contribution in [0.15, 0.2) is 59.6 Å². The second-order valence-electron chi connectivity index (χ2n) is 9.19. The SMILES string of the molecule is CC(Cc1cccn1-c1ccc(S(N)(=O)=O)cc1)C(=O)c1cc(F)c2c(c1)C(C)(C)CCO2. The van der Waals surface area contributed by atoms with Crippen LogP contribution in [0.5, 0.6) is 5.75 Å². The van der Waals surface area contributed by atoms with Crippen molar-refractivity contribution in [2.45, 2.75) is 43.9 Å². The number of carbonyl (C=O) groups excluding carboxylic acids is 1. The van der Waals surface area contributed by atoms with Crippen molar-refractivity contribution in [1.82, 2.24) is 4.57 Å². The van der Waals surface area contributed by atoms with Gasteiger partial charge < -0.3 is 9.30 Å². The second-order valence-corrected chi connectivity index (χ2v) is 10.8. The predicted molar refractivity (Wildman–Crippen MR) is 124 cm³/mol. The third-order valence-electron chi connectivity index (χ3n) is 6.27. The van der Waals surface area contributed by atoms with Crippen molar-refractivity contribution in [3.63, 3.8) is 0 Å². The van der Waals surface area contributed by atoms with Crippen LogP contribution in [0.25, 0.3) is 5.69 Å². The third-order valence-corrected chi connectivity index (χ3v) is 7.20. The zero-order valence-electron chi connectivity index (χ0n) is 18.8. The molecule has 0 bridgehead atoms. The van der Waals surface area contributed by atoms with Gasteiger partial charge in [-0.2, -0.15) is 0 Å². The molecular formula is C25H27FN2O4S. The van der Waals surface area contributed by atoms with Gasteiger partial charge >= 0.3 is 0 Å². The Morgan fingerprint density at radius 3 is 2.58 bits per heavy atom. The molecule has 1 unspecified atom stereocenters. The van der Waals surface area contributed by atoms with E-state index in [-0.39, 0.29) is 21.8 Å². The smallest absolute Gasteiger partial charge is 0.238 e. The minimum atomic E-state index is -3.77. The van der Waals surface area contributed by atoms with Gasteiger partial charge in [-0.05, 0) is 66.8 Å². The molecule has 174 valence electrons. The Balaban J connectivity index is 1.58. The number of primary sulfonamides is 1. The molecule has 0 fully saturated rings. The van der Waals surface area contributed by atoms with Crippen LogP contribution in [0.2, 0.25) is 0 Å². The van der Waals surface area contributed by atoms with E-state index in [4.69, 9.17) is 9.88 Å². The lowest BCUT2D eigenvalue weighted by atomic mass is 9.78. The molecule has 1 aromatic heterocycles. The maximum absolute atomic E-state index is 14.7. The number of sulfonamides is 1. The van der Waals surface area contributed by atoms with Crippen LogP contribution in [0, 0.1) is 11.7 Å². The number of nitrogens with two attached hydrogens (primary N) is 1. The zero-order valence-corrected chi connectivity index (χ0v) is 19.7. The molecule has 0 saturated heterocycles. The predicted octanol–water partition coefficient (Wildman–Crippen LogP) is 4.39. The summed E-state index contributed by atoms with van der Waals surface area (Å²) in [6, 6.07) is 13.0. The van der Waals surface area contributed by atoms with E-state index in [9.17, 15) is 17.6 Å². The first-order chi connectivity index (χ1) is 15.5. The minimum Gasteiger partial charge on any atom is -0.490 e. The number of Topliss-reactive ketones (excluding diaryl/α,β-unsaturated/α-hetero) is 1. The van der Waals surface area contributed by atoms with E-state index in [1.165, 1.54) is 18.2 Å². The van der Waals surface area contributed by atoms with Gasteiger partial charge in [0.05, 0.1) is 11.5 Å². The molecule has 0 aliphatic carbocycles. The summed E-state index contributed by atoms with van der Waals surface area (Å²) in [5.74, 6) is -0.802. The van der Waals surface area contributed by atoms with Crippen LogP contribution in [0.4, 0.5) is 4.39 Å². The Morgan fingerprint density at radius 1 is 1.21 bits per heavy atom. The molecule has 0 saturated carbocycles. The molecule has 1 aliphatic rings. The Kier molecular flexibility index (Phi) is 5.92. The number of aromatic nitrogens is 1. The normalized spacial score (nSPS) is 16.0. The lowest BCUT2D eigenvalue weighted by Gasteiger charge is -2.33. The fourth-order valence-electron chi connectivity index (χ4n) is 4.25. The largest absolute Gasteiger partial charge is 0.490 e. The number of ketones is 1. The highest BCUT2D eigenvalue weighted by atomic mass is 32.2. The average Bonchev–Trinajstić information content (AvgIpc) is 3.21. The Labute approximate surface area is 193 Å². The van der Waals surface area contributed by atoms with E-state index < -0.39 is 21.8 Å². The number of fused-ring (bicyclic) bond motifs is 1. The Morgan fingerprint density at radius 2 is 1.91 bits per heavy atom. The molecule has 6 nitrogen and oxygen atoms in total. The van der Waals surface area contributed by atoms with Gasteiger partial charge in [-0.25, -0.2) is 17.9 Å². The molecule has 2 N–H and O–H groups in total. The van der Waals surface area contributed by atoms with E-state index in [2.05, 4.69) is 0 Å². The van der Waals surface area contributed by atoms with Crippen molar-refractivity contribution < 1.29 is 22.3 Å². The van der Waals surface area contributed by atoms with Gasteiger partial charge in [-0.15, -0.1) is 0 Å². The molecule has 8 heteroatoms. The van der Waals surface area contributed by atoms with Crippen LogP contribution >= 0.6 is 0 Å². The number of carbonyl (C=O) groups is 1. The summed E-state index contributed by atoms with van der Waals surface area (Å²) >= 11 is 0. The van der Waals surface area contributed by atoms with Gasteiger partial charge in [-0.3, -0.25) is 4.79 Å². The van der Waals surface area contributed by atoms with Crippen LogP contribution in [0.1, 0.15) is 48.8 Å². The number of benzene rings is 2. The average molecular weight is 471 g/mol. The van der Waals surface area contributed by atoms with E-state index in [0.717, 1.165) is 23.4 Å². The number of ether oxygens (including phenoxy) is 1. The van der Waals surface area contributed by atoms with E-state index in [1.807, 2.05) is 43.7 Å². The van der Waals surface area contributed by atoms with Crippen molar-refractivity contribution >= 4 is 15.8 Å². The molecule has 0 spiro atoms. The first-order valence-corrected chi connectivity index (χ1v) is 12.3. The molecule has 1 aliphatic heterocycles. The summed E-state index contributed by atoms with van der Waals surface area (Å²) in [4.78, 5) is 13.3. The van der Waals surface area contributed by atoms with Gasteiger partial charge in [0, 0.05) is 34.6 Å². The number of hydrogen-bond acceptors (Lipinski definition) is 4. The van der Waals surface area contributed by atoms with Crippen molar-refractivity contribution in [1.29, 1.82) is 0 Å². The lowest BCUT2D eigenvalue weighted by molar-refractivity contribution is 0.0927. The summed E-state index contributed by atoms with van der Waals surface area (Å²) in [6.07, 6.45) is 3.03. The minimum absolute atomic E-state index is 0.0323. The quantitative estimate of drug-likeness (QED) is 0.541. The number of nitrogens with zero attached hydrogens (tertiary/aromatic N) is 1. The first-order valence-electron chi connectivity index (χ1n) is 10.8. The molecular weight excluding hydrogens is 443 g/mol. The summed E-state index contributed by atoms with van der Waals surface area (Å²) in [5.41, 5.74) is 2.42. The van der Waals surface area contributed by atoms with Gasteiger partial charge in [-0.1, -0.05) is 20.8 Å². The summed E-state index contributed by atoms with van der Waals surface area (Å²) in [7, 11) is -3.77. The van der Waals surface area contributed by atoms with Crippen LogP contribution in [-0.2, 0) is 21.9 Å². The zero-order chi connectivity index (χ0) is 24.0. The number of hydrogen-bond donors (Lipinski definition) is 1. The fourth-order valence-corrected chi connectivity index (χ4v) is 4.77. The summed E-state index contributed by atoms with van der Waals surface area (Å²) in [6.45, 7) is 6.33. The van der Waals surface area contributed by atoms with E-state index >= 15 is 0 Å². The Bertz CT molecular complexity index is 1310. The fraction of sp³-hybridized carbons (Fsp3) is 0.320. The summed E-state index contributed by atoms with van der Waals surface area (Å²) in [5, 5.41) is 5.17. The number of halogens is 1. The van der Waals surface area contributed by atoms with Crippen LogP contribution < -0.4 is 9.88 Å². The van der Waals surface area contributed by atoms with Crippen molar-refractivity contribution in [3.05, 3.63) is 77.4 Å². The third kappa shape index (κ3) is 4.58. The molecule has 0 amide bonds. The maximum atomic E-state index is 14.7. The highest BCUT2D eigenvalue weighted by Gasteiger charge is 2.32. The highest BCUT2D eigenvalue weighted by Crippen LogP contribution is 2.40. The first kappa shape index (κ1) is 23.2. The highest BCUT2D eigenvalue weighted by molar-refractivity contribution is 7.89. The molecule has 3 aromatic rings. The van der Waals surface area contributed by atoms with Gasteiger partial charge in [0.1, 0.15) is 0 Å². The van der Waals surface area contributed by atoms with Gasteiger partial charge in [0.2, 0.25) is 10.0 Å². The maximum Gasteiger partial charge on any atom is 0.238 e. The van der Waals surface area contributed by atoms with Crippen LogP contribution in [-0.4, -0.2) is 25.4 Å². The van der Waals surface area contributed by atoms with E-state index in [0.29, 0.717) is 18.6 Å². The van der Waals surface area contributed by atoms with Crippen molar-refractivity contribution in [2.75, 3.05) is 6.61 Å². The molecule has 2 heterocycles. The Hall–Kier alpha value is -2.97. The van der Waals surface area contributed by atoms with Gasteiger partial charge in [0.25, 0.3) is 0 Å².